The van der Waals surface area contributed by atoms with Gasteiger partial charge in [-0.2, -0.15) is 0 Å². The monoisotopic (exact) mass is 463 g/mol. The molecule has 1 aromatic carbocycles. The third-order valence-electron chi connectivity index (χ3n) is 5.28. The van der Waals surface area contributed by atoms with Gasteiger partial charge in [-0.1, -0.05) is 23.5 Å². The van der Waals surface area contributed by atoms with Gasteiger partial charge in [0, 0.05) is 18.7 Å². The summed E-state index contributed by atoms with van der Waals surface area (Å²) in [7, 11) is 0. The first-order valence-electron chi connectivity index (χ1n) is 9.81. The number of benzene rings is 1. The molecule has 4 aromatic heterocycles. The van der Waals surface area contributed by atoms with Gasteiger partial charge < -0.3 is 9.88 Å². The van der Waals surface area contributed by atoms with E-state index in [2.05, 4.69) is 25.1 Å². The minimum atomic E-state index is -0.434. The topological polar surface area (TPSA) is 101 Å². The molecule has 1 amide bonds. The molecule has 158 valence electrons. The number of aromatic nitrogens is 6. The normalized spacial score (nSPS) is 15.8. The highest BCUT2D eigenvalue weighted by atomic mass is 32.1. The summed E-state index contributed by atoms with van der Waals surface area (Å²) in [6, 6.07) is 10.3. The molecule has 5 heterocycles. The molecule has 0 saturated heterocycles. The van der Waals surface area contributed by atoms with Gasteiger partial charge in [-0.25, -0.2) is 14.4 Å². The first-order valence-corrected chi connectivity index (χ1v) is 11.4. The molecule has 32 heavy (non-hydrogen) atoms. The van der Waals surface area contributed by atoms with Crippen molar-refractivity contribution in [3.63, 3.8) is 0 Å². The van der Waals surface area contributed by atoms with E-state index in [1.807, 2.05) is 24.3 Å². The van der Waals surface area contributed by atoms with Crippen molar-refractivity contribution in [2.45, 2.75) is 12.5 Å². The Morgan fingerprint density at radius 2 is 2.03 bits per heavy atom. The number of fused-ring (bicyclic) bond motifs is 2. The Hall–Kier alpha value is -3.57. The van der Waals surface area contributed by atoms with E-state index >= 15 is 0 Å². The highest BCUT2D eigenvalue weighted by Crippen LogP contribution is 2.38. The molecule has 8 nitrogen and oxygen atoms in total. The Kier molecular flexibility index (Phi) is 4.51. The van der Waals surface area contributed by atoms with Crippen LogP contribution in [-0.2, 0) is 6.42 Å². The molecule has 0 saturated carbocycles. The number of pyridine rings is 1. The van der Waals surface area contributed by atoms with Gasteiger partial charge in [0.15, 0.2) is 5.01 Å². The smallest absolute Gasteiger partial charge is 0.285 e. The number of halogens is 1. The third-order valence-corrected chi connectivity index (χ3v) is 7.31. The van der Waals surface area contributed by atoms with Crippen molar-refractivity contribution in [3.8, 4) is 10.7 Å². The predicted molar refractivity (Wildman–Crippen MR) is 118 cm³/mol. The lowest BCUT2D eigenvalue weighted by molar-refractivity contribution is 0.0689. The number of rotatable bonds is 3. The summed E-state index contributed by atoms with van der Waals surface area (Å²) in [5.41, 5.74) is 3.17. The molecule has 0 spiro atoms. The first kappa shape index (κ1) is 19.1. The molecule has 1 atom stereocenters. The van der Waals surface area contributed by atoms with Gasteiger partial charge in [-0.05, 0) is 24.3 Å². The van der Waals surface area contributed by atoms with Crippen molar-refractivity contribution < 1.29 is 9.18 Å². The molecular weight excluding hydrogens is 449 g/mol. The highest BCUT2D eigenvalue weighted by molar-refractivity contribution is 7.18. The number of H-pyrrole nitrogens is 1. The van der Waals surface area contributed by atoms with Gasteiger partial charge in [-0.3, -0.25) is 9.78 Å². The van der Waals surface area contributed by atoms with Gasteiger partial charge in [0.05, 0.1) is 28.4 Å². The number of para-hydroxylation sites is 1. The number of carbonyl (C=O) groups excluding carboxylic acids is 1. The molecule has 6 rings (SSSR count). The van der Waals surface area contributed by atoms with Gasteiger partial charge in [0.25, 0.3) is 5.91 Å². The molecule has 0 unspecified atom stereocenters. The third kappa shape index (κ3) is 3.17. The van der Waals surface area contributed by atoms with Crippen LogP contribution in [0.1, 0.15) is 32.2 Å². The van der Waals surface area contributed by atoms with Crippen LogP contribution >= 0.6 is 22.7 Å². The van der Waals surface area contributed by atoms with Crippen molar-refractivity contribution in [3.05, 3.63) is 76.1 Å². The van der Waals surface area contributed by atoms with E-state index in [-0.39, 0.29) is 10.9 Å². The Bertz CT molecular complexity index is 1410. The summed E-state index contributed by atoms with van der Waals surface area (Å²) in [5.74, 6) is -0.676. The fourth-order valence-electron chi connectivity index (χ4n) is 3.79. The Morgan fingerprint density at radius 1 is 1.12 bits per heavy atom. The lowest BCUT2D eigenvalue weighted by atomic mass is 10.0. The molecular formula is C21H14FN7OS2. The first-order chi connectivity index (χ1) is 15.7. The van der Waals surface area contributed by atoms with E-state index in [9.17, 15) is 9.18 Å². The number of hydrogen-bond acceptors (Lipinski definition) is 8. The second-order valence-electron chi connectivity index (χ2n) is 7.21. The summed E-state index contributed by atoms with van der Waals surface area (Å²) in [6.07, 6.45) is 3.43. The van der Waals surface area contributed by atoms with Crippen molar-refractivity contribution in [1.82, 2.24) is 35.0 Å². The average Bonchev–Trinajstić information content (AvgIpc) is 3.57. The molecule has 1 aliphatic heterocycles. The van der Waals surface area contributed by atoms with Crippen molar-refractivity contribution >= 4 is 38.8 Å². The number of carbonyl (C=O) groups is 1. The predicted octanol–water partition coefficient (Wildman–Crippen LogP) is 3.86. The zero-order valence-corrected chi connectivity index (χ0v) is 18.0. The van der Waals surface area contributed by atoms with E-state index in [4.69, 9.17) is 4.98 Å². The summed E-state index contributed by atoms with van der Waals surface area (Å²) < 4.78 is 14.2. The van der Waals surface area contributed by atoms with Gasteiger partial charge >= 0.3 is 0 Å². The summed E-state index contributed by atoms with van der Waals surface area (Å²) >= 11 is 2.69. The number of nitrogens with zero attached hydrogens (tertiary/aromatic N) is 6. The van der Waals surface area contributed by atoms with E-state index in [0.29, 0.717) is 23.7 Å². The molecule has 0 fully saturated rings. The zero-order chi connectivity index (χ0) is 21.7. The largest absolute Gasteiger partial charge is 0.348 e. The van der Waals surface area contributed by atoms with Crippen LogP contribution in [0.4, 0.5) is 4.39 Å². The molecule has 5 aromatic rings. The standard InChI is InChI=1S/C21H14FN7OS2/c22-11-5-6-14(23-9-11)18-27-28-20(32-18)21(30)29-8-7-13-16(25-10-24-13)17(29)19-26-12-3-1-2-4-15(12)31-19/h1-6,9-10,17H,7-8H2,(H,24,25)/t17-/m0/s1. The van der Waals surface area contributed by atoms with Crippen molar-refractivity contribution in [2.75, 3.05) is 6.54 Å². The Morgan fingerprint density at radius 3 is 2.88 bits per heavy atom. The van der Waals surface area contributed by atoms with E-state index in [0.717, 1.165) is 44.1 Å². The van der Waals surface area contributed by atoms with Crippen molar-refractivity contribution in [1.29, 1.82) is 0 Å². The van der Waals surface area contributed by atoms with Crippen LogP contribution < -0.4 is 0 Å². The number of thiazole rings is 1. The van der Waals surface area contributed by atoms with Crippen LogP contribution in [0.15, 0.2) is 48.9 Å². The SMILES string of the molecule is O=C(c1nnc(-c2ccc(F)cn2)s1)N1CCc2[nH]cnc2[C@H]1c1nc2ccccc2s1. The molecule has 0 aliphatic carbocycles. The van der Waals surface area contributed by atoms with Gasteiger partial charge in [-0.15, -0.1) is 21.5 Å². The molecule has 1 N–H and O–H groups in total. The van der Waals surface area contributed by atoms with Crippen LogP contribution in [0, 0.1) is 5.82 Å². The minimum Gasteiger partial charge on any atom is -0.348 e. The Labute approximate surface area is 188 Å². The maximum Gasteiger partial charge on any atom is 0.285 e. The van der Waals surface area contributed by atoms with E-state index in [1.54, 1.807) is 22.6 Å². The van der Waals surface area contributed by atoms with Crippen molar-refractivity contribution in [2.24, 2.45) is 0 Å². The Balaban J connectivity index is 1.38. The molecule has 1 aliphatic rings. The lowest BCUT2D eigenvalue weighted by Crippen LogP contribution is -2.40. The second-order valence-corrected chi connectivity index (χ2v) is 9.25. The summed E-state index contributed by atoms with van der Waals surface area (Å²) in [5, 5.41) is 9.71. The minimum absolute atomic E-state index is 0.242. The lowest BCUT2D eigenvalue weighted by Gasteiger charge is -2.33. The average molecular weight is 464 g/mol. The molecule has 0 radical (unpaired) electrons. The highest BCUT2D eigenvalue weighted by Gasteiger charge is 2.37. The number of amides is 1. The quantitative estimate of drug-likeness (QED) is 0.436. The number of aromatic amines is 1. The van der Waals surface area contributed by atoms with Gasteiger partial charge in [0.1, 0.15) is 22.6 Å². The zero-order valence-electron chi connectivity index (χ0n) is 16.4. The molecule has 0 bridgehead atoms. The molecule has 11 heteroatoms. The van der Waals surface area contributed by atoms with Crippen LogP contribution in [0.25, 0.3) is 20.9 Å². The van der Waals surface area contributed by atoms with Crippen LogP contribution in [0.3, 0.4) is 0 Å². The van der Waals surface area contributed by atoms with Crippen LogP contribution in [0.2, 0.25) is 0 Å². The summed E-state index contributed by atoms with van der Waals surface area (Å²) in [6.45, 7) is 0.498. The maximum absolute atomic E-state index is 13.5. The second kappa shape index (κ2) is 7.53. The van der Waals surface area contributed by atoms with Gasteiger partial charge in [0.2, 0.25) is 5.01 Å². The fraction of sp³-hybridized carbons (Fsp3) is 0.143. The summed E-state index contributed by atoms with van der Waals surface area (Å²) in [4.78, 5) is 31.8. The number of nitrogens with one attached hydrogen (secondary N) is 1. The van der Waals surface area contributed by atoms with Crippen LogP contribution in [0.5, 0.6) is 0 Å². The number of imidazole rings is 1. The number of hydrogen-bond donors (Lipinski definition) is 1. The van der Waals surface area contributed by atoms with E-state index < -0.39 is 11.9 Å². The van der Waals surface area contributed by atoms with Crippen LogP contribution in [-0.4, -0.2) is 47.5 Å². The fourth-order valence-corrected chi connectivity index (χ4v) is 5.65. The maximum atomic E-state index is 13.5. The van der Waals surface area contributed by atoms with E-state index in [1.165, 1.54) is 12.1 Å².